The third-order valence-electron chi connectivity index (χ3n) is 0. The van der Waals surface area contributed by atoms with Crippen molar-refractivity contribution in [1.82, 2.24) is 6.15 Å². The Kier molecular flexibility index (Phi) is 250. The third-order valence-corrected chi connectivity index (χ3v) is 0. The van der Waals surface area contributed by atoms with Gasteiger partial charge < -0.3 is 11.9 Å². The summed E-state index contributed by atoms with van der Waals surface area (Å²) >= 11 is 0. The maximum Gasteiger partial charge on any atom is 2.00 e. The Hall–Kier alpha value is 2.95. The number of rotatable bonds is 0. The van der Waals surface area contributed by atoms with Crippen LogP contribution in [0.2, 0.25) is 0 Å². The quantitative estimate of drug-likeness (QED) is 0.338. The molecule has 1 unspecified atom stereocenters. The van der Waals surface area contributed by atoms with E-state index in [9.17, 15) is 0 Å². The Balaban J connectivity index is 0. The molecule has 0 aromatic rings. The van der Waals surface area contributed by atoms with E-state index in [1.165, 1.54) is 0 Å². The van der Waals surface area contributed by atoms with Crippen molar-refractivity contribution in [1.29, 1.82) is 0 Å². The van der Waals surface area contributed by atoms with E-state index in [-0.39, 0.29) is 99.9 Å². The van der Waals surface area contributed by atoms with Gasteiger partial charge in [-0.2, -0.15) is 9.90 Å². The first-order chi connectivity index (χ1) is 0. The van der Waals surface area contributed by atoms with Gasteiger partial charge in [0, 0.05) is 0 Å². The molecular weight excluding hydrogens is 136 g/mol. The summed E-state index contributed by atoms with van der Waals surface area (Å²) in [7, 11) is 0. The van der Waals surface area contributed by atoms with Gasteiger partial charge in [-0.05, 0) is 0 Å². The smallest absolute Gasteiger partial charge is 1.00 e. The van der Waals surface area contributed by atoms with Gasteiger partial charge in [-0.15, -0.1) is 0 Å². The Labute approximate surface area is 98.5 Å². The molecule has 0 saturated carbocycles. The summed E-state index contributed by atoms with van der Waals surface area (Å²) in [6, 6.07) is 0. The van der Waals surface area contributed by atoms with Gasteiger partial charge in [0.05, 0.1) is 0 Å². The Morgan fingerprint density at radius 2 is 1.20 bits per heavy atom. The zero-order valence-corrected chi connectivity index (χ0v) is 7.87. The van der Waals surface area contributed by atoms with Crippen LogP contribution < -0.4 is 6.15 Å². The summed E-state index contributed by atoms with van der Waals surface area (Å²) in [5.41, 5.74) is 0. The van der Waals surface area contributed by atoms with Crippen molar-refractivity contribution in [3.63, 3.8) is 0 Å². The number of hydrogen-bond acceptors (Lipinski definition) is 1. The maximum atomic E-state index is 0. The third kappa shape index (κ3) is 19.6. The topological polar surface area (TPSA) is 35.0 Å². The molecule has 30 valence electrons. The van der Waals surface area contributed by atoms with Crippen LogP contribution in [0.25, 0.3) is 0 Å². The van der Waals surface area contributed by atoms with Crippen LogP contribution >= 0.6 is 9.90 Å². The van der Waals surface area contributed by atoms with Crippen LogP contribution in [0.4, 0.5) is 0 Å². The molecule has 0 aromatic carbocycles. The second kappa shape index (κ2) is 28.3. The molecule has 0 bridgehead atoms. The van der Waals surface area contributed by atoms with E-state index in [1.807, 2.05) is 0 Å². The molecule has 0 amide bonds. The van der Waals surface area contributed by atoms with Crippen molar-refractivity contribution < 1.29 is 5.71 Å². The molecule has 0 aromatic heterocycles. The van der Waals surface area contributed by atoms with E-state index in [1.54, 1.807) is 0 Å². The van der Waals surface area contributed by atoms with E-state index >= 15 is 0 Å². The van der Waals surface area contributed by atoms with E-state index in [0.717, 1.165) is 0 Å². The van der Waals surface area contributed by atoms with Crippen molar-refractivity contribution in [2.75, 3.05) is 0 Å². The minimum Gasteiger partial charge on any atom is -1.00 e. The molecule has 3 N–H and O–H groups in total. The van der Waals surface area contributed by atoms with Crippen LogP contribution in [0.3, 0.4) is 0 Å². The summed E-state index contributed by atoms with van der Waals surface area (Å²) in [5, 5.41) is 0. The molecular formula is H13AlCaMgNP. The minimum atomic E-state index is 0. The summed E-state index contributed by atoms with van der Waals surface area (Å²) in [5.74, 6) is 0. The van der Waals surface area contributed by atoms with Crippen molar-refractivity contribution in [3.8, 4) is 0 Å². The van der Waals surface area contributed by atoms with Crippen molar-refractivity contribution in [3.05, 3.63) is 0 Å². The molecule has 0 rings (SSSR count). The fourth-order valence-electron chi connectivity index (χ4n) is 0. The molecule has 0 spiro atoms. The zero-order chi connectivity index (χ0) is 0. The van der Waals surface area contributed by atoms with Crippen molar-refractivity contribution in [2.24, 2.45) is 0 Å². The van der Waals surface area contributed by atoms with Gasteiger partial charge in [0.15, 0.2) is 17.4 Å². The van der Waals surface area contributed by atoms with Gasteiger partial charge in [0.2, 0.25) is 0 Å². The van der Waals surface area contributed by atoms with Crippen molar-refractivity contribution in [2.45, 2.75) is 0 Å². The second-order valence-corrected chi connectivity index (χ2v) is 0. The molecule has 0 fully saturated rings. The van der Waals surface area contributed by atoms with Gasteiger partial charge in [0.25, 0.3) is 0 Å². The van der Waals surface area contributed by atoms with Crippen LogP contribution in [-0.2, 0) is 0 Å². The van der Waals surface area contributed by atoms with Crippen LogP contribution in [0, 0.1) is 0 Å². The first-order valence-electron chi connectivity index (χ1n) is 0. The van der Waals surface area contributed by atoms with Crippen LogP contribution in [-0.4, -0.2) is 78.2 Å². The van der Waals surface area contributed by atoms with Gasteiger partial charge in [-0.3, -0.25) is 0 Å². The molecule has 5 heavy (non-hydrogen) atoms. The largest absolute Gasteiger partial charge is 2.00 e. The number of hydrogen-bond donors (Lipinski definition) is 1. The Morgan fingerprint density at radius 1 is 1.20 bits per heavy atom. The van der Waals surface area contributed by atoms with Crippen LogP contribution in [0.5, 0.6) is 0 Å². The van der Waals surface area contributed by atoms with E-state index in [0.29, 0.717) is 0 Å². The summed E-state index contributed by atoms with van der Waals surface area (Å²) < 4.78 is 0. The standard InChI is InChI=1S/Al.Ca.Mg.H3N.H3P.7H/h;;;2*1H3;;;;;;;/q;2*+2;;;;;;4*-1. The SMILES string of the molecule is N.P.[AlH3].[Ca+2].[H-].[H-].[H-].[H-].[Mg+2]. The first kappa shape index (κ1) is 44.1. The van der Waals surface area contributed by atoms with Crippen molar-refractivity contribution >= 4 is 88.1 Å². The van der Waals surface area contributed by atoms with Crippen LogP contribution in [0.1, 0.15) is 5.71 Å². The van der Waals surface area contributed by atoms with E-state index < -0.39 is 0 Å². The molecule has 0 aliphatic rings. The first-order valence-corrected chi connectivity index (χ1v) is 0. The maximum absolute atomic E-state index is 0. The zero-order valence-electron chi connectivity index (χ0n) is 6.83. The normalized spacial score (nSPS) is 0. The van der Waals surface area contributed by atoms with Gasteiger partial charge in [-0.1, -0.05) is 0 Å². The summed E-state index contributed by atoms with van der Waals surface area (Å²) in [6.07, 6.45) is 0. The summed E-state index contributed by atoms with van der Waals surface area (Å²) in [6.45, 7) is 0. The molecule has 0 aliphatic carbocycles. The summed E-state index contributed by atoms with van der Waals surface area (Å²) in [4.78, 5) is 0. The fourth-order valence-corrected chi connectivity index (χ4v) is 0. The van der Waals surface area contributed by atoms with E-state index in [2.05, 4.69) is 0 Å². The van der Waals surface area contributed by atoms with Crippen LogP contribution in [0.15, 0.2) is 0 Å². The predicted octanol–water partition coefficient (Wildman–Crippen LogP) is -1.28. The van der Waals surface area contributed by atoms with Gasteiger partial charge in [0.1, 0.15) is 0 Å². The molecule has 1 atom stereocenters. The monoisotopic (exact) mass is 149 g/mol. The average Bonchev–Trinajstić information content (AvgIpc) is 0. The predicted molar refractivity (Wildman–Crippen MR) is 42.0 cm³/mol. The van der Waals surface area contributed by atoms with Gasteiger partial charge >= 0.3 is 60.8 Å². The molecule has 0 aliphatic heterocycles. The molecule has 5 heteroatoms. The minimum absolute atomic E-state index is 0. The van der Waals surface area contributed by atoms with E-state index in [4.69, 9.17) is 0 Å². The molecule has 0 saturated heterocycles. The molecule has 1 nitrogen and oxygen atoms in total. The molecule has 0 heterocycles. The molecule has 0 radical (unpaired) electrons. The fraction of sp³-hybridized carbons (Fsp3) is 0. The average molecular weight is 149 g/mol. The van der Waals surface area contributed by atoms with Gasteiger partial charge in [-0.25, -0.2) is 0 Å². The Bertz CT molecular complexity index is 20.5. The second-order valence-electron chi connectivity index (χ2n) is 0. The Morgan fingerprint density at radius 3 is 1.20 bits per heavy atom.